The number of hydrogen-bond acceptors (Lipinski definition) is 2. The first kappa shape index (κ1) is 27.4. The molecule has 0 N–H and O–H groups in total. The number of hydrogen-bond donors (Lipinski definition) is 0. The zero-order valence-corrected chi connectivity index (χ0v) is 25.8. The first-order chi connectivity index (χ1) is 23.7. The molecule has 4 heteroatoms. The maximum Gasteiger partial charge on any atom is 0.102 e. The Morgan fingerprint density at radius 2 is 0.979 bits per heavy atom. The third-order valence-electron chi connectivity index (χ3n) is 9.37. The van der Waals surface area contributed by atoms with E-state index in [4.69, 9.17) is 0 Å². The number of nitriles is 2. The zero-order valence-electron chi connectivity index (χ0n) is 25.8. The summed E-state index contributed by atoms with van der Waals surface area (Å²) in [6.07, 6.45) is 0. The predicted molar refractivity (Wildman–Crippen MR) is 195 cm³/mol. The van der Waals surface area contributed by atoms with Gasteiger partial charge in [0.2, 0.25) is 0 Å². The lowest BCUT2D eigenvalue weighted by atomic mass is 9.93. The number of rotatable bonds is 4. The van der Waals surface area contributed by atoms with E-state index in [-0.39, 0.29) is 0 Å². The molecule has 9 aromatic rings. The molecule has 0 atom stereocenters. The molecule has 7 aromatic carbocycles. The fourth-order valence-corrected chi connectivity index (χ4v) is 7.26. The molecule has 0 saturated heterocycles. The molecule has 0 aliphatic carbocycles. The molecule has 0 amide bonds. The molecule has 0 spiro atoms. The molecule has 2 aromatic heterocycles. The van der Waals surface area contributed by atoms with Gasteiger partial charge < -0.3 is 9.13 Å². The van der Waals surface area contributed by atoms with Crippen LogP contribution in [0.5, 0.6) is 0 Å². The van der Waals surface area contributed by atoms with Crippen LogP contribution in [0.25, 0.3) is 77.2 Å². The Labute approximate surface area is 277 Å². The second kappa shape index (κ2) is 10.9. The Kier molecular flexibility index (Phi) is 6.22. The zero-order chi connectivity index (χ0) is 32.2. The van der Waals surface area contributed by atoms with Crippen molar-refractivity contribution in [3.05, 3.63) is 169 Å². The van der Waals surface area contributed by atoms with Crippen LogP contribution in [0.1, 0.15) is 11.1 Å². The molecular weight excluding hydrogens is 585 g/mol. The predicted octanol–water partition coefficient (Wildman–Crippen LogP) is 11.0. The van der Waals surface area contributed by atoms with Crippen LogP contribution in [0.2, 0.25) is 0 Å². The molecule has 0 aliphatic rings. The van der Waals surface area contributed by atoms with Gasteiger partial charge in [-0.15, -0.1) is 0 Å². The van der Waals surface area contributed by atoms with Crippen molar-refractivity contribution in [1.29, 1.82) is 10.5 Å². The van der Waals surface area contributed by atoms with Crippen molar-refractivity contribution in [2.45, 2.75) is 0 Å². The third kappa shape index (κ3) is 4.14. The van der Waals surface area contributed by atoms with Gasteiger partial charge in [0.05, 0.1) is 45.0 Å². The minimum Gasteiger partial charge on any atom is -0.309 e. The summed E-state index contributed by atoms with van der Waals surface area (Å²) in [5, 5.41) is 24.9. The van der Waals surface area contributed by atoms with E-state index in [1.807, 2.05) is 42.5 Å². The summed E-state index contributed by atoms with van der Waals surface area (Å²) in [6.45, 7) is 0. The lowest BCUT2D eigenvalue weighted by Gasteiger charge is -2.17. The number of para-hydroxylation sites is 3. The largest absolute Gasteiger partial charge is 0.309 e. The highest BCUT2D eigenvalue weighted by Gasteiger charge is 2.20. The molecule has 0 fully saturated rings. The Hall–Kier alpha value is -6.88. The fourth-order valence-electron chi connectivity index (χ4n) is 7.26. The highest BCUT2D eigenvalue weighted by atomic mass is 15.0. The van der Waals surface area contributed by atoms with Gasteiger partial charge >= 0.3 is 0 Å². The van der Waals surface area contributed by atoms with Crippen LogP contribution >= 0.6 is 0 Å². The van der Waals surface area contributed by atoms with Gasteiger partial charge in [-0.3, -0.25) is 0 Å². The number of benzene rings is 7. The van der Waals surface area contributed by atoms with E-state index < -0.39 is 0 Å². The first-order valence-corrected chi connectivity index (χ1v) is 15.9. The fraction of sp³-hybridized carbons (Fsp3) is 0. The monoisotopic (exact) mass is 610 g/mol. The van der Waals surface area contributed by atoms with Gasteiger partial charge in [-0.25, -0.2) is 0 Å². The van der Waals surface area contributed by atoms with Gasteiger partial charge in [-0.1, -0.05) is 97.1 Å². The van der Waals surface area contributed by atoms with E-state index >= 15 is 0 Å². The Bertz CT molecular complexity index is 2750. The summed E-state index contributed by atoms with van der Waals surface area (Å²) in [5.41, 5.74) is 11.3. The summed E-state index contributed by atoms with van der Waals surface area (Å²) in [4.78, 5) is 0. The van der Waals surface area contributed by atoms with Crippen LogP contribution in [-0.4, -0.2) is 9.13 Å². The van der Waals surface area contributed by atoms with E-state index in [9.17, 15) is 10.5 Å². The van der Waals surface area contributed by atoms with Crippen molar-refractivity contribution in [3.63, 3.8) is 0 Å². The van der Waals surface area contributed by atoms with Crippen molar-refractivity contribution in [2.24, 2.45) is 0 Å². The number of aromatic nitrogens is 2. The topological polar surface area (TPSA) is 57.4 Å². The van der Waals surface area contributed by atoms with Crippen LogP contribution in [0.4, 0.5) is 0 Å². The van der Waals surface area contributed by atoms with Crippen LogP contribution < -0.4 is 0 Å². The van der Waals surface area contributed by atoms with Gasteiger partial charge in [0.15, 0.2) is 0 Å². The summed E-state index contributed by atoms with van der Waals surface area (Å²) >= 11 is 0. The van der Waals surface area contributed by atoms with Crippen LogP contribution in [-0.2, 0) is 0 Å². The van der Waals surface area contributed by atoms with E-state index in [0.717, 1.165) is 77.2 Å². The maximum absolute atomic E-state index is 10.8. The van der Waals surface area contributed by atoms with Crippen molar-refractivity contribution in [2.75, 3.05) is 0 Å². The molecule has 2 heterocycles. The molecule has 0 bridgehead atoms. The Morgan fingerprint density at radius 1 is 0.396 bits per heavy atom. The SMILES string of the molecule is N#Cc1ccc2c(c1)c1ccccc1n2-c1cccc(-c2cc(-c3ccccc3)c(C#N)c(-n3c4ccccc4c4ccccc43)c2)c1. The highest BCUT2D eigenvalue weighted by Crippen LogP contribution is 2.40. The van der Waals surface area contributed by atoms with E-state index in [0.29, 0.717) is 11.1 Å². The number of nitrogens with zero attached hydrogens (tertiary/aromatic N) is 4. The molecule has 0 radical (unpaired) electrons. The molecule has 222 valence electrons. The standard InChI is InChI=1S/C44H26N4/c45-27-29-21-22-43-38(23-29)36-17-6-7-18-40(36)47(43)33-14-10-13-31(24-33)32-25-37(30-11-2-1-3-12-30)39(28-46)44(26-32)48-41-19-8-4-15-34(41)35-16-5-9-20-42(35)48/h1-26H. The molecule has 9 rings (SSSR count). The van der Waals surface area contributed by atoms with Crippen molar-refractivity contribution >= 4 is 43.6 Å². The number of fused-ring (bicyclic) bond motifs is 6. The second-order valence-electron chi connectivity index (χ2n) is 12.0. The summed E-state index contributed by atoms with van der Waals surface area (Å²) < 4.78 is 4.51. The lowest BCUT2D eigenvalue weighted by Crippen LogP contribution is -2.01. The van der Waals surface area contributed by atoms with Crippen LogP contribution in [0.3, 0.4) is 0 Å². The van der Waals surface area contributed by atoms with E-state index in [1.165, 1.54) is 0 Å². The molecule has 0 aliphatic heterocycles. The molecule has 0 saturated carbocycles. The van der Waals surface area contributed by atoms with Crippen molar-refractivity contribution in [1.82, 2.24) is 9.13 Å². The molecular formula is C44H26N4. The van der Waals surface area contributed by atoms with E-state index in [2.05, 4.69) is 137 Å². The van der Waals surface area contributed by atoms with Crippen molar-refractivity contribution < 1.29 is 0 Å². The minimum absolute atomic E-state index is 0.628. The summed E-state index contributed by atoms with van der Waals surface area (Å²) in [6, 6.07) is 59.0. The first-order valence-electron chi connectivity index (χ1n) is 15.9. The minimum atomic E-state index is 0.628. The van der Waals surface area contributed by atoms with Gasteiger partial charge in [0.1, 0.15) is 6.07 Å². The van der Waals surface area contributed by atoms with Crippen LogP contribution in [0.15, 0.2) is 158 Å². The average Bonchev–Trinajstić information content (AvgIpc) is 3.67. The van der Waals surface area contributed by atoms with Crippen molar-refractivity contribution in [3.8, 4) is 45.8 Å². The smallest absolute Gasteiger partial charge is 0.102 e. The van der Waals surface area contributed by atoms with Crippen LogP contribution in [0, 0.1) is 22.7 Å². The quantitative estimate of drug-likeness (QED) is 0.199. The highest BCUT2D eigenvalue weighted by molar-refractivity contribution is 6.11. The van der Waals surface area contributed by atoms with Gasteiger partial charge in [-0.2, -0.15) is 10.5 Å². The molecule has 0 unspecified atom stereocenters. The molecule has 48 heavy (non-hydrogen) atoms. The average molecular weight is 611 g/mol. The second-order valence-corrected chi connectivity index (χ2v) is 12.0. The van der Waals surface area contributed by atoms with Gasteiger partial charge in [0.25, 0.3) is 0 Å². The summed E-state index contributed by atoms with van der Waals surface area (Å²) in [7, 11) is 0. The summed E-state index contributed by atoms with van der Waals surface area (Å²) in [5.74, 6) is 0. The maximum atomic E-state index is 10.8. The normalized spacial score (nSPS) is 11.3. The Morgan fingerprint density at radius 3 is 1.65 bits per heavy atom. The van der Waals surface area contributed by atoms with Gasteiger partial charge in [-0.05, 0) is 77.4 Å². The third-order valence-corrected chi connectivity index (χ3v) is 9.37. The molecule has 4 nitrogen and oxygen atoms in total. The Balaban J connectivity index is 1.33. The van der Waals surface area contributed by atoms with Gasteiger partial charge in [0, 0.05) is 32.8 Å². The lowest BCUT2D eigenvalue weighted by molar-refractivity contribution is 1.17. The van der Waals surface area contributed by atoms with E-state index in [1.54, 1.807) is 0 Å².